The molecule has 0 aromatic heterocycles. The summed E-state index contributed by atoms with van der Waals surface area (Å²) in [5.74, 6) is 0.749. The van der Waals surface area contributed by atoms with Gasteiger partial charge in [0.1, 0.15) is 12.4 Å². The number of nitrogens with zero attached hydrogens (tertiary/aromatic N) is 3. The molecule has 2 aromatic carbocycles. The Morgan fingerprint density at radius 3 is 2.26 bits per heavy atom. The quantitative estimate of drug-likeness (QED) is 0.389. The van der Waals surface area contributed by atoms with E-state index in [0.29, 0.717) is 31.3 Å². The Balaban J connectivity index is 1.21. The maximum atomic E-state index is 12.8. The van der Waals surface area contributed by atoms with E-state index >= 15 is 0 Å². The third-order valence-corrected chi connectivity index (χ3v) is 8.57. The first-order valence-electron chi connectivity index (χ1n) is 14.2. The lowest BCUT2D eigenvalue weighted by atomic mass is 9.94. The number of hydrogen-bond acceptors (Lipinski definition) is 4. The van der Waals surface area contributed by atoms with Crippen LogP contribution in [0.3, 0.4) is 0 Å². The number of benzene rings is 2. The molecule has 1 saturated heterocycles. The van der Waals surface area contributed by atoms with E-state index in [1.807, 2.05) is 0 Å². The molecule has 1 saturated carbocycles. The second kappa shape index (κ2) is 13.2. The number of hydrogen-bond donors (Lipinski definition) is 0. The van der Waals surface area contributed by atoms with Crippen LogP contribution >= 0.6 is 0 Å². The van der Waals surface area contributed by atoms with Crippen LogP contribution < -0.4 is 4.74 Å². The molecule has 2 aromatic rings. The van der Waals surface area contributed by atoms with Crippen LogP contribution in [0.25, 0.3) is 0 Å². The first kappa shape index (κ1) is 29.4. The van der Waals surface area contributed by atoms with Crippen molar-refractivity contribution in [3.63, 3.8) is 0 Å². The summed E-state index contributed by atoms with van der Waals surface area (Å²) in [6.07, 6.45) is 3.17. The van der Waals surface area contributed by atoms with Gasteiger partial charge in [-0.25, -0.2) is 0 Å². The minimum absolute atomic E-state index is 0.213. The standard InChI is InChI=1S/C31H42F3N3O2/c1-23-24(2)29(39-22-21-35(3)28-7-5-4-6-8-28)14-11-25(23)15-16-36-17-19-37(20-18-36)30(38)26-9-12-27(13-10-26)31(32,33)34/h9-14,28H,4-8,15-22H2,1-3H3. The van der Waals surface area contributed by atoms with Crippen molar-refractivity contribution in [3.8, 4) is 5.75 Å². The number of ether oxygens (including phenoxy) is 1. The number of halogens is 3. The summed E-state index contributed by atoms with van der Waals surface area (Å²) in [5.41, 5.74) is 3.33. The predicted octanol–water partition coefficient (Wildman–Crippen LogP) is 5.97. The Labute approximate surface area is 230 Å². The predicted molar refractivity (Wildman–Crippen MR) is 148 cm³/mol. The van der Waals surface area contributed by atoms with Crippen molar-refractivity contribution in [1.82, 2.24) is 14.7 Å². The molecule has 0 radical (unpaired) electrons. The zero-order valence-corrected chi connectivity index (χ0v) is 23.5. The third kappa shape index (κ3) is 7.76. The van der Waals surface area contributed by atoms with Gasteiger partial charge in [-0.2, -0.15) is 13.2 Å². The fourth-order valence-corrected chi connectivity index (χ4v) is 5.72. The van der Waals surface area contributed by atoms with Gasteiger partial charge in [0.05, 0.1) is 5.56 Å². The van der Waals surface area contributed by atoms with Gasteiger partial charge in [0.2, 0.25) is 0 Å². The first-order valence-corrected chi connectivity index (χ1v) is 14.2. The molecule has 0 N–H and O–H groups in total. The number of amides is 1. The molecule has 2 aliphatic rings. The van der Waals surface area contributed by atoms with Crippen LogP contribution in [0.15, 0.2) is 36.4 Å². The fourth-order valence-electron chi connectivity index (χ4n) is 5.72. The van der Waals surface area contributed by atoms with Gasteiger partial charge in [0.15, 0.2) is 0 Å². The molecule has 1 heterocycles. The number of likely N-dealkylation sites (N-methyl/N-ethyl adjacent to an activating group) is 1. The van der Waals surface area contributed by atoms with Gasteiger partial charge in [-0.05, 0) is 87.2 Å². The van der Waals surface area contributed by atoms with Crippen LogP contribution in [0, 0.1) is 13.8 Å². The monoisotopic (exact) mass is 545 g/mol. The molecule has 0 atom stereocenters. The van der Waals surface area contributed by atoms with E-state index in [1.54, 1.807) is 4.90 Å². The summed E-state index contributed by atoms with van der Waals surface area (Å²) in [4.78, 5) is 19.3. The van der Waals surface area contributed by atoms with Crippen LogP contribution in [-0.4, -0.2) is 79.6 Å². The third-order valence-electron chi connectivity index (χ3n) is 8.57. The number of piperazine rings is 1. The van der Waals surface area contributed by atoms with Gasteiger partial charge in [-0.1, -0.05) is 25.3 Å². The number of alkyl halides is 3. The maximum absolute atomic E-state index is 12.8. The largest absolute Gasteiger partial charge is 0.492 e. The molecule has 8 heteroatoms. The lowest BCUT2D eigenvalue weighted by Gasteiger charge is -2.35. The second-order valence-electron chi connectivity index (χ2n) is 11.1. The SMILES string of the molecule is Cc1c(CCN2CCN(C(=O)c3ccc(C(F)(F)F)cc3)CC2)ccc(OCCN(C)C2CCCCC2)c1C. The lowest BCUT2D eigenvalue weighted by Crippen LogP contribution is -2.49. The van der Waals surface area contributed by atoms with E-state index in [0.717, 1.165) is 50.5 Å². The molecule has 1 aliphatic heterocycles. The zero-order valence-electron chi connectivity index (χ0n) is 23.5. The fraction of sp³-hybridized carbons (Fsp3) is 0.581. The second-order valence-corrected chi connectivity index (χ2v) is 11.1. The molecule has 5 nitrogen and oxygen atoms in total. The summed E-state index contributed by atoms with van der Waals surface area (Å²) >= 11 is 0. The van der Waals surface area contributed by atoms with Crippen molar-refractivity contribution in [2.24, 2.45) is 0 Å². The summed E-state index contributed by atoms with van der Waals surface area (Å²) in [6, 6.07) is 9.44. The number of rotatable bonds is 9. The van der Waals surface area contributed by atoms with E-state index in [1.165, 1.54) is 60.9 Å². The normalized spacial score (nSPS) is 17.6. The molecule has 0 unspecified atom stereocenters. The molecule has 0 spiro atoms. The minimum atomic E-state index is -4.40. The number of carbonyl (C=O) groups is 1. The van der Waals surface area contributed by atoms with Crippen LogP contribution in [0.4, 0.5) is 13.2 Å². The van der Waals surface area contributed by atoms with Gasteiger partial charge in [-0.3, -0.25) is 9.69 Å². The molecule has 4 rings (SSSR count). The molecule has 0 bridgehead atoms. The summed E-state index contributed by atoms with van der Waals surface area (Å²) in [7, 11) is 2.21. The van der Waals surface area contributed by atoms with Crippen molar-refractivity contribution >= 4 is 5.91 Å². The average Bonchev–Trinajstić information content (AvgIpc) is 2.94. The highest BCUT2D eigenvalue weighted by Gasteiger charge is 2.31. The highest BCUT2D eigenvalue weighted by Crippen LogP contribution is 2.29. The maximum Gasteiger partial charge on any atom is 0.416 e. The molecule has 214 valence electrons. The molecule has 1 aliphatic carbocycles. The average molecular weight is 546 g/mol. The van der Waals surface area contributed by atoms with Crippen molar-refractivity contribution in [3.05, 3.63) is 64.2 Å². The summed E-state index contributed by atoms with van der Waals surface area (Å²) < 4.78 is 44.6. The van der Waals surface area contributed by atoms with Crippen LogP contribution in [0.2, 0.25) is 0 Å². The van der Waals surface area contributed by atoms with Gasteiger partial charge in [-0.15, -0.1) is 0 Å². The molecule has 39 heavy (non-hydrogen) atoms. The van der Waals surface area contributed by atoms with Crippen LogP contribution in [0.5, 0.6) is 5.75 Å². The van der Waals surface area contributed by atoms with Crippen LogP contribution in [-0.2, 0) is 12.6 Å². The van der Waals surface area contributed by atoms with Gasteiger partial charge >= 0.3 is 6.18 Å². The Kier molecular flexibility index (Phi) is 9.94. The van der Waals surface area contributed by atoms with E-state index in [2.05, 4.69) is 42.8 Å². The van der Waals surface area contributed by atoms with Gasteiger partial charge < -0.3 is 14.5 Å². The molecule has 1 amide bonds. The Morgan fingerprint density at radius 2 is 1.62 bits per heavy atom. The highest BCUT2D eigenvalue weighted by atomic mass is 19.4. The Hall–Kier alpha value is -2.58. The van der Waals surface area contributed by atoms with Crippen LogP contribution in [0.1, 0.15) is 64.7 Å². The number of carbonyl (C=O) groups excluding carboxylic acids is 1. The minimum Gasteiger partial charge on any atom is -0.492 e. The van der Waals surface area contributed by atoms with Gasteiger partial charge in [0, 0.05) is 50.9 Å². The van der Waals surface area contributed by atoms with E-state index < -0.39 is 11.7 Å². The molecular formula is C31H42F3N3O2. The van der Waals surface area contributed by atoms with E-state index in [4.69, 9.17) is 4.74 Å². The molecular weight excluding hydrogens is 503 g/mol. The van der Waals surface area contributed by atoms with Crippen molar-refractivity contribution < 1.29 is 22.7 Å². The summed E-state index contributed by atoms with van der Waals surface area (Å²) in [6.45, 7) is 9.46. The van der Waals surface area contributed by atoms with Crippen molar-refractivity contribution in [2.45, 2.75) is 64.6 Å². The topological polar surface area (TPSA) is 36.0 Å². The Bertz CT molecular complexity index is 1090. The first-order chi connectivity index (χ1) is 18.6. The van der Waals surface area contributed by atoms with Gasteiger partial charge in [0.25, 0.3) is 5.91 Å². The molecule has 2 fully saturated rings. The lowest BCUT2D eigenvalue weighted by molar-refractivity contribution is -0.137. The van der Waals surface area contributed by atoms with E-state index in [9.17, 15) is 18.0 Å². The van der Waals surface area contributed by atoms with Crippen molar-refractivity contribution in [2.75, 3.05) is 52.9 Å². The summed E-state index contributed by atoms with van der Waals surface area (Å²) in [5, 5.41) is 0. The van der Waals surface area contributed by atoms with Crippen molar-refractivity contribution in [1.29, 1.82) is 0 Å². The zero-order chi connectivity index (χ0) is 28.0. The van der Waals surface area contributed by atoms with E-state index in [-0.39, 0.29) is 5.91 Å². The highest BCUT2D eigenvalue weighted by molar-refractivity contribution is 5.94. The Morgan fingerprint density at radius 1 is 0.949 bits per heavy atom. The smallest absolute Gasteiger partial charge is 0.416 e.